The van der Waals surface area contributed by atoms with Gasteiger partial charge in [-0.15, -0.1) is 0 Å². The summed E-state index contributed by atoms with van der Waals surface area (Å²) >= 11 is 0. The van der Waals surface area contributed by atoms with Crippen LogP contribution < -0.4 is 0 Å². The maximum atomic E-state index is 11.4. The number of ketones is 1. The van der Waals surface area contributed by atoms with Crippen LogP contribution in [0.5, 0.6) is 0 Å². The van der Waals surface area contributed by atoms with Crippen LogP contribution in [0.2, 0.25) is 0 Å². The Balaban J connectivity index is 2.24. The normalized spacial score (nSPS) is 16.5. The highest BCUT2D eigenvalue weighted by atomic mass is 16.1. The first-order chi connectivity index (χ1) is 6.27. The van der Waals surface area contributed by atoms with E-state index in [1.807, 2.05) is 0 Å². The Morgan fingerprint density at radius 1 is 1.31 bits per heavy atom. The summed E-state index contributed by atoms with van der Waals surface area (Å²) in [6.45, 7) is 6.05. The van der Waals surface area contributed by atoms with Crippen molar-refractivity contribution in [2.45, 2.75) is 52.0 Å². The molecule has 1 saturated carbocycles. The van der Waals surface area contributed by atoms with Gasteiger partial charge in [0.25, 0.3) is 0 Å². The number of rotatable bonds is 7. The molecule has 0 atom stereocenters. The molecule has 0 radical (unpaired) electrons. The molecule has 0 aliphatic heterocycles. The predicted molar refractivity (Wildman–Crippen MR) is 54.8 cm³/mol. The van der Waals surface area contributed by atoms with Crippen LogP contribution in [-0.4, -0.2) is 29.8 Å². The number of carbonyl (C=O) groups is 1. The monoisotopic (exact) mass is 183 g/mol. The summed E-state index contributed by atoms with van der Waals surface area (Å²) < 4.78 is 0. The first-order valence-electron chi connectivity index (χ1n) is 5.53. The molecule has 1 aliphatic carbocycles. The van der Waals surface area contributed by atoms with Gasteiger partial charge in [0, 0.05) is 12.5 Å². The minimum atomic E-state index is 0.419. The van der Waals surface area contributed by atoms with Crippen molar-refractivity contribution in [3.63, 3.8) is 0 Å². The molecule has 0 unspecified atom stereocenters. The summed E-state index contributed by atoms with van der Waals surface area (Å²) in [6.07, 6.45) is 5.52. The molecule has 1 fully saturated rings. The van der Waals surface area contributed by atoms with Crippen molar-refractivity contribution < 1.29 is 4.79 Å². The van der Waals surface area contributed by atoms with Gasteiger partial charge in [-0.05, 0) is 32.2 Å². The van der Waals surface area contributed by atoms with Crippen LogP contribution in [0.15, 0.2) is 0 Å². The SMILES string of the molecule is CCCC(=O)CN(CCC)C1CC1. The zero-order chi connectivity index (χ0) is 9.68. The molecule has 0 bridgehead atoms. The highest BCUT2D eigenvalue weighted by Gasteiger charge is 2.29. The lowest BCUT2D eigenvalue weighted by molar-refractivity contribution is -0.120. The Kier molecular flexibility index (Phi) is 4.43. The second-order valence-electron chi connectivity index (χ2n) is 3.99. The molecule has 1 aliphatic rings. The minimum absolute atomic E-state index is 0.419. The van der Waals surface area contributed by atoms with Gasteiger partial charge in [-0.3, -0.25) is 9.69 Å². The summed E-state index contributed by atoms with van der Waals surface area (Å²) in [5.74, 6) is 0.419. The summed E-state index contributed by atoms with van der Waals surface area (Å²) in [5.41, 5.74) is 0. The highest BCUT2D eigenvalue weighted by molar-refractivity contribution is 5.80. The van der Waals surface area contributed by atoms with Crippen molar-refractivity contribution >= 4 is 5.78 Å². The maximum absolute atomic E-state index is 11.4. The van der Waals surface area contributed by atoms with Gasteiger partial charge in [0.2, 0.25) is 0 Å². The zero-order valence-corrected chi connectivity index (χ0v) is 8.88. The Labute approximate surface area is 81.3 Å². The summed E-state index contributed by atoms with van der Waals surface area (Å²) in [7, 11) is 0. The van der Waals surface area contributed by atoms with E-state index in [0.717, 1.165) is 31.8 Å². The quantitative estimate of drug-likeness (QED) is 0.603. The van der Waals surface area contributed by atoms with Gasteiger partial charge in [0.1, 0.15) is 5.78 Å². The molecular weight excluding hydrogens is 162 g/mol. The zero-order valence-electron chi connectivity index (χ0n) is 8.88. The van der Waals surface area contributed by atoms with Crippen molar-refractivity contribution in [2.75, 3.05) is 13.1 Å². The van der Waals surface area contributed by atoms with Crippen LogP contribution in [0.1, 0.15) is 46.0 Å². The third kappa shape index (κ3) is 3.90. The molecule has 0 N–H and O–H groups in total. The molecule has 1 rings (SSSR count). The first-order valence-corrected chi connectivity index (χ1v) is 5.53. The van der Waals surface area contributed by atoms with Crippen LogP contribution in [0.25, 0.3) is 0 Å². The standard InChI is InChI=1S/C11H21NO/c1-3-5-11(13)9-12(8-4-2)10-6-7-10/h10H,3-9H2,1-2H3. The van der Waals surface area contributed by atoms with E-state index < -0.39 is 0 Å². The molecule has 0 aromatic rings. The molecule has 0 aromatic heterocycles. The van der Waals surface area contributed by atoms with Crippen molar-refractivity contribution in [3.8, 4) is 0 Å². The van der Waals surface area contributed by atoms with E-state index in [9.17, 15) is 4.79 Å². The molecule has 2 nitrogen and oxygen atoms in total. The molecule has 0 aromatic carbocycles. The Morgan fingerprint density at radius 2 is 2.00 bits per heavy atom. The Morgan fingerprint density at radius 3 is 2.46 bits per heavy atom. The molecule has 0 spiro atoms. The number of hydrogen-bond acceptors (Lipinski definition) is 2. The molecule has 0 saturated heterocycles. The van der Waals surface area contributed by atoms with Crippen molar-refractivity contribution in [3.05, 3.63) is 0 Å². The average molecular weight is 183 g/mol. The lowest BCUT2D eigenvalue weighted by Crippen LogP contribution is -2.32. The van der Waals surface area contributed by atoms with Gasteiger partial charge < -0.3 is 0 Å². The summed E-state index contributed by atoms with van der Waals surface area (Å²) in [4.78, 5) is 13.8. The molecule has 2 heteroatoms. The van der Waals surface area contributed by atoms with Crippen molar-refractivity contribution in [1.29, 1.82) is 0 Å². The number of hydrogen-bond donors (Lipinski definition) is 0. The third-order valence-electron chi connectivity index (χ3n) is 2.48. The van der Waals surface area contributed by atoms with Gasteiger partial charge in [-0.2, -0.15) is 0 Å². The van der Waals surface area contributed by atoms with Crippen LogP contribution >= 0.6 is 0 Å². The van der Waals surface area contributed by atoms with E-state index in [2.05, 4.69) is 18.7 Å². The van der Waals surface area contributed by atoms with Gasteiger partial charge in [0.05, 0.1) is 6.54 Å². The van der Waals surface area contributed by atoms with Crippen LogP contribution in [0.4, 0.5) is 0 Å². The van der Waals surface area contributed by atoms with E-state index in [0.29, 0.717) is 12.3 Å². The molecule has 76 valence electrons. The highest BCUT2D eigenvalue weighted by Crippen LogP contribution is 2.26. The fourth-order valence-corrected chi connectivity index (χ4v) is 1.70. The number of nitrogens with zero attached hydrogens (tertiary/aromatic N) is 1. The van der Waals surface area contributed by atoms with Crippen LogP contribution in [0, 0.1) is 0 Å². The van der Waals surface area contributed by atoms with E-state index >= 15 is 0 Å². The molecule has 13 heavy (non-hydrogen) atoms. The fourth-order valence-electron chi connectivity index (χ4n) is 1.70. The maximum Gasteiger partial charge on any atom is 0.146 e. The second-order valence-corrected chi connectivity index (χ2v) is 3.99. The van der Waals surface area contributed by atoms with E-state index in [1.54, 1.807) is 0 Å². The van der Waals surface area contributed by atoms with Gasteiger partial charge >= 0.3 is 0 Å². The fraction of sp³-hybridized carbons (Fsp3) is 0.909. The minimum Gasteiger partial charge on any atom is -0.298 e. The summed E-state index contributed by atoms with van der Waals surface area (Å²) in [5, 5.41) is 0. The van der Waals surface area contributed by atoms with Gasteiger partial charge in [-0.1, -0.05) is 13.8 Å². The molecular formula is C11H21NO. The number of carbonyl (C=O) groups excluding carboxylic acids is 1. The predicted octanol–water partition coefficient (Wildman–Crippen LogP) is 2.23. The topological polar surface area (TPSA) is 20.3 Å². The smallest absolute Gasteiger partial charge is 0.146 e. The van der Waals surface area contributed by atoms with Gasteiger partial charge in [-0.25, -0.2) is 0 Å². The third-order valence-corrected chi connectivity index (χ3v) is 2.48. The molecule has 0 amide bonds. The van der Waals surface area contributed by atoms with E-state index in [4.69, 9.17) is 0 Å². The second kappa shape index (κ2) is 5.38. The lowest BCUT2D eigenvalue weighted by Gasteiger charge is -2.19. The van der Waals surface area contributed by atoms with Crippen molar-refractivity contribution in [2.24, 2.45) is 0 Å². The van der Waals surface area contributed by atoms with Crippen LogP contribution in [0.3, 0.4) is 0 Å². The number of Topliss-reactive ketones (excluding diaryl/α,β-unsaturated/α-hetero) is 1. The largest absolute Gasteiger partial charge is 0.298 e. The molecule has 0 heterocycles. The van der Waals surface area contributed by atoms with E-state index in [1.165, 1.54) is 12.8 Å². The lowest BCUT2D eigenvalue weighted by atomic mass is 10.2. The Bertz CT molecular complexity index is 163. The van der Waals surface area contributed by atoms with Crippen LogP contribution in [-0.2, 0) is 4.79 Å². The van der Waals surface area contributed by atoms with Crippen molar-refractivity contribution in [1.82, 2.24) is 4.90 Å². The Hall–Kier alpha value is -0.370. The van der Waals surface area contributed by atoms with E-state index in [-0.39, 0.29) is 0 Å². The summed E-state index contributed by atoms with van der Waals surface area (Å²) in [6, 6.07) is 0.737. The first kappa shape index (κ1) is 10.7. The van der Waals surface area contributed by atoms with Gasteiger partial charge in [0.15, 0.2) is 0 Å². The average Bonchev–Trinajstić information content (AvgIpc) is 2.86.